The summed E-state index contributed by atoms with van der Waals surface area (Å²) in [6.45, 7) is 6.38. The van der Waals surface area contributed by atoms with Gasteiger partial charge in [-0.15, -0.1) is 0 Å². The minimum Gasteiger partial charge on any atom is -0.296 e. The third-order valence-corrected chi connectivity index (χ3v) is 3.79. The second-order valence-corrected chi connectivity index (χ2v) is 4.75. The molecule has 0 saturated carbocycles. The van der Waals surface area contributed by atoms with E-state index in [1.54, 1.807) is 0 Å². The quantitative estimate of drug-likeness (QED) is 0.731. The third-order valence-electron chi connectivity index (χ3n) is 3.79. The van der Waals surface area contributed by atoms with Gasteiger partial charge in [-0.2, -0.15) is 0 Å². The van der Waals surface area contributed by atoms with E-state index in [9.17, 15) is 9.59 Å². The van der Waals surface area contributed by atoms with Crippen LogP contribution in [0.5, 0.6) is 0 Å². The summed E-state index contributed by atoms with van der Waals surface area (Å²) in [5.74, 6) is 0.680. The minimum absolute atomic E-state index is 0.0463. The summed E-state index contributed by atoms with van der Waals surface area (Å²) >= 11 is 0. The Morgan fingerprint density at radius 1 is 1.25 bits per heavy atom. The van der Waals surface area contributed by atoms with Crippen LogP contribution in [0, 0.1) is 17.8 Å². The van der Waals surface area contributed by atoms with Gasteiger partial charge in [0.1, 0.15) is 0 Å². The Labute approximate surface area is 98.0 Å². The normalized spacial score (nSPS) is 26.0. The zero-order chi connectivity index (χ0) is 12.1. The molecule has 92 valence electrons. The molecule has 0 aliphatic carbocycles. The molecule has 0 bridgehead atoms. The third kappa shape index (κ3) is 2.83. The Hall–Kier alpha value is -0.860. The van der Waals surface area contributed by atoms with Crippen molar-refractivity contribution in [3.63, 3.8) is 0 Å². The molecule has 0 aromatic rings. The van der Waals surface area contributed by atoms with Crippen molar-refractivity contribution in [3.8, 4) is 0 Å². The highest BCUT2D eigenvalue weighted by Crippen LogP contribution is 2.34. The second-order valence-electron chi connectivity index (χ2n) is 4.75. The lowest BCUT2D eigenvalue weighted by Crippen LogP contribution is -2.47. The minimum atomic E-state index is -0.0887. The van der Waals surface area contributed by atoms with E-state index in [0.29, 0.717) is 12.3 Å². The molecule has 1 fully saturated rings. The van der Waals surface area contributed by atoms with Crippen LogP contribution in [-0.4, -0.2) is 11.8 Å². The van der Waals surface area contributed by atoms with Gasteiger partial charge in [-0.1, -0.05) is 40.0 Å². The predicted octanol–water partition coefficient (Wildman–Crippen LogP) is 2.50. The molecular weight excluding hydrogens is 202 g/mol. The highest BCUT2D eigenvalue weighted by Gasteiger charge is 2.38. The Kier molecular flexibility index (Phi) is 4.97. The first kappa shape index (κ1) is 13.2. The Morgan fingerprint density at radius 2 is 1.88 bits per heavy atom. The summed E-state index contributed by atoms with van der Waals surface area (Å²) in [5, 5.41) is 2.47. The average Bonchev–Trinajstić information content (AvgIpc) is 2.24. The lowest BCUT2D eigenvalue weighted by Gasteiger charge is -2.35. The van der Waals surface area contributed by atoms with E-state index in [1.807, 2.05) is 0 Å². The number of amides is 2. The standard InChI is InChI=1S/C13H23NO2/c1-4-7-10-11(9(5-2)6-3)8-12(15)14-13(10)16/h9-11H,4-8H2,1-3H3,(H,14,15,16). The number of nitrogens with one attached hydrogen (secondary N) is 1. The maximum Gasteiger partial charge on any atom is 0.229 e. The Balaban J connectivity index is 2.81. The van der Waals surface area contributed by atoms with Crippen molar-refractivity contribution in [2.75, 3.05) is 0 Å². The van der Waals surface area contributed by atoms with Crippen molar-refractivity contribution >= 4 is 11.8 Å². The van der Waals surface area contributed by atoms with Gasteiger partial charge in [0, 0.05) is 12.3 Å². The van der Waals surface area contributed by atoms with Gasteiger partial charge in [-0.3, -0.25) is 14.9 Å². The number of rotatable bonds is 5. The van der Waals surface area contributed by atoms with Gasteiger partial charge in [0.25, 0.3) is 0 Å². The molecule has 0 aromatic carbocycles. The number of hydrogen-bond donors (Lipinski definition) is 1. The SMILES string of the molecule is CCCC1C(=O)NC(=O)CC1C(CC)CC. The van der Waals surface area contributed by atoms with Gasteiger partial charge in [0.05, 0.1) is 0 Å². The summed E-state index contributed by atoms with van der Waals surface area (Å²) in [6.07, 6.45) is 4.55. The molecule has 1 N–H and O–H groups in total. The van der Waals surface area contributed by atoms with Gasteiger partial charge in [0.15, 0.2) is 0 Å². The van der Waals surface area contributed by atoms with E-state index in [4.69, 9.17) is 0 Å². The number of piperidine rings is 1. The van der Waals surface area contributed by atoms with Crippen molar-refractivity contribution in [1.29, 1.82) is 0 Å². The summed E-state index contributed by atoms with van der Waals surface area (Å²) < 4.78 is 0. The van der Waals surface area contributed by atoms with Gasteiger partial charge < -0.3 is 0 Å². The van der Waals surface area contributed by atoms with Crippen LogP contribution in [0.3, 0.4) is 0 Å². The van der Waals surface area contributed by atoms with Crippen molar-refractivity contribution in [2.24, 2.45) is 17.8 Å². The number of hydrogen-bond acceptors (Lipinski definition) is 2. The van der Waals surface area contributed by atoms with E-state index in [1.165, 1.54) is 0 Å². The van der Waals surface area contributed by atoms with Crippen molar-refractivity contribution in [1.82, 2.24) is 5.32 Å². The highest BCUT2D eigenvalue weighted by atomic mass is 16.2. The molecule has 2 amide bonds. The largest absolute Gasteiger partial charge is 0.296 e. The van der Waals surface area contributed by atoms with Crippen LogP contribution in [0.25, 0.3) is 0 Å². The van der Waals surface area contributed by atoms with Gasteiger partial charge in [-0.25, -0.2) is 0 Å². The van der Waals surface area contributed by atoms with E-state index >= 15 is 0 Å². The monoisotopic (exact) mass is 225 g/mol. The van der Waals surface area contributed by atoms with Crippen LogP contribution in [0.2, 0.25) is 0 Å². The zero-order valence-electron chi connectivity index (χ0n) is 10.6. The average molecular weight is 225 g/mol. The lowest BCUT2D eigenvalue weighted by atomic mass is 9.73. The first-order valence-corrected chi connectivity index (χ1v) is 6.47. The molecule has 0 aromatic heterocycles. The van der Waals surface area contributed by atoms with Crippen molar-refractivity contribution in [3.05, 3.63) is 0 Å². The lowest BCUT2D eigenvalue weighted by molar-refractivity contribution is -0.140. The van der Waals surface area contributed by atoms with E-state index < -0.39 is 0 Å². The maximum atomic E-state index is 11.8. The molecule has 3 heteroatoms. The van der Waals surface area contributed by atoms with E-state index in [2.05, 4.69) is 26.1 Å². The molecular formula is C13H23NO2. The molecule has 0 radical (unpaired) electrons. The summed E-state index contributed by atoms with van der Waals surface area (Å²) in [6, 6.07) is 0. The molecule has 1 aliphatic rings. The zero-order valence-corrected chi connectivity index (χ0v) is 10.6. The molecule has 1 aliphatic heterocycles. The van der Waals surface area contributed by atoms with Crippen LogP contribution in [0.15, 0.2) is 0 Å². The molecule has 1 heterocycles. The van der Waals surface area contributed by atoms with Crippen LogP contribution in [0.1, 0.15) is 52.9 Å². The van der Waals surface area contributed by atoms with Crippen molar-refractivity contribution in [2.45, 2.75) is 52.9 Å². The number of imide groups is 1. The summed E-state index contributed by atoms with van der Waals surface area (Å²) in [4.78, 5) is 23.2. The van der Waals surface area contributed by atoms with Gasteiger partial charge in [-0.05, 0) is 18.3 Å². The topological polar surface area (TPSA) is 46.2 Å². The predicted molar refractivity (Wildman–Crippen MR) is 63.7 cm³/mol. The Bertz CT molecular complexity index is 259. The summed E-state index contributed by atoms with van der Waals surface area (Å²) in [5.41, 5.74) is 0. The first-order valence-electron chi connectivity index (χ1n) is 6.47. The number of carbonyl (C=O) groups is 2. The van der Waals surface area contributed by atoms with Crippen LogP contribution < -0.4 is 5.32 Å². The molecule has 16 heavy (non-hydrogen) atoms. The van der Waals surface area contributed by atoms with Crippen LogP contribution >= 0.6 is 0 Å². The molecule has 3 nitrogen and oxygen atoms in total. The molecule has 1 saturated heterocycles. The fourth-order valence-electron chi connectivity index (χ4n) is 2.88. The Morgan fingerprint density at radius 3 is 2.38 bits per heavy atom. The van der Waals surface area contributed by atoms with Gasteiger partial charge >= 0.3 is 0 Å². The van der Waals surface area contributed by atoms with E-state index in [0.717, 1.165) is 25.7 Å². The molecule has 0 spiro atoms. The molecule has 2 atom stereocenters. The number of carbonyl (C=O) groups excluding carboxylic acids is 2. The molecule has 2 unspecified atom stereocenters. The van der Waals surface area contributed by atoms with Crippen LogP contribution in [0.4, 0.5) is 0 Å². The fraction of sp³-hybridized carbons (Fsp3) is 0.846. The summed E-state index contributed by atoms with van der Waals surface area (Å²) in [7, 11) is 0. The smallest absolute Gasteiger partial charge is 0.229 e. The van der Waals surface area contributed by atoms with Gasteiger partial charge in [0.2, 0.25) is 11.8 Å². The maximum absolute atomic E-state index is 11.8. The second kappa shape index (κ2) is 6.02. The van der Waals surface area contributed by atoms with E-state index in [-0.39, 0.29) is 23.7 Å². The highest BCUT2D eigenvalue weighted by molar-refractivity contribution is 5.99. The first-order chi connectivity index (χ1) is 7.63. The fourth-order valence-corrected chi connectivity index (χ4v) is 2.88. The van der Waals surface area contributed by atoms with Crippen molar-refractivity contribution < 1.29 is 9.59 Å². The van der Waals surface area contributed by atoms with Crippen LogP contribution in [-0.2, 0) is 9.59 Å². The molecule has 1 rings (SSSR count).